The highest BCUT2D eigenvalue weighted by atomic mass is 35.5. The summed E-state index contributed by atoms with van der Waals surface area (Å²) in [5.41, 5.74) is 7.64. The summed E-state index contributed by atoms with van der Waals surface area (Å²) in [5.74, 6) is 0. The highest BCUT2D eigenvalue weighted by molar-refractivity contribution is 6.30. The van der Waals surface area contributed by atoms with Crippen LogP contribution in [-0.4, -0.2) is 49.1 Å². The number of nitrogens with two attached hydrogens (primary N) is 1. The molecule has 0 aromatic heterocycles. The number of benzene rings is 1. The Hall–Kier alpha value is -0.610. The van der Waals surface area contributed by atoms with Crippen molar-refractivity contribution in [3.63, 3.8) is 0 Å². The fourth-order valence-electron chi connectivity index (χ4n) is 3.04. The van der Waals surface area contributed by atoms with Crippen LogP contribution in [0.25, 0.3) is 0 Å². The van der Waals surface area contributed by atoms with Gasteiger partial charge in [-0.15, -0.1) is 0 Å². The number of nitrogens with zero attached hydrogens (tertiary/aromatic N) is 2. The Morgan fingerprint density at radius 2 is 1.75 bits per heavy atom. The summed E-state index contributed by atoms with van der Waals surface area (Å²) < 4.78 is 0. The molecule has 0 spiro atoms. The van der Waals surface area contributed by atoms with Gasteiger partial charge in [-0.3, -0.25) is 4.90 Å². The quantitative estimate of drug-likeness (QED) is 0.926. The third-order valence-electron chi connectivity index (χ3n) is 4.80. The molecule has 0 amide bonds. The molecule has 1 fully saturated rings. The molecule has 112 valence electrons. The molecular weight excluding hydrogens is 270 g/mol. The van der Waals surface area contributed by atoms with Crippen molar-refractivity contribution in [2.24, 2.45) is 5.73 Å². The Balaban J connectivity index is 2.18. The fraction of sp³-hybridized carbons (Fsp3) is 0.625. The Bertz CT molecular complexity index is 426. The van der Waals surface area contributed by atoms with Crippen LogP contribution in [0.4, 0.5) is 0 Å². The van der Waals surface area contributed by atoms with Crippen LogP contribution in [0.2, 0.25) is 5.02 Å². The van der Waals surface area contributed by atoms with Gasteiger partial charge < -0.3 is 10.6 Å². The molecule has 0 saturated carbocycles. The zero-order valence-corrected chi connectivity index (χ0v) is 13.5. The van der Waals surface area contributed by atoms with Crippen molar-refractivity contribution in [3.8, 4) is 0 Å². The number of hydrogen-bond donors (Lipinski definition) is 1. The van der Waals surface area contributed by atoms with Gasteiger partial charge in [-0.2, -0.15) is 0 Å². The summed E-state index contributed by atoms with van der Waals surface area (Å²) in [4.78, 5) is 4.88. The van der Waals surface area contributed by atoms with E-state index in [1.807, 2.05) is 12.1 Å². The normalized spacial score (nSPS) is 22.4. The van der Waals surface area contributed by atoms with E-state index in [0.717, 1.165) is 37.6 Å². The van der Waals surface area contributed by atoms with Crippen LogP contribution in [-0.2, 0) is 5.54 Å². The fourth-order valence-corrected chi connectivity index (χ4v) is 3.16. The first-order chi connectivity index (χ1) is 9.47. The van der Waals surface area contributed by atoms with Crippen LogP contribution in [0.15, 0.2) is 24.3 Å². The van der Waals surface area contributed by atoms with Gasteiger partial charge in [0.1, 0.15) is 0 Å². The second-order valence-electron chi connectivity index (χ2n) is 5.92. The minimum absolute atomic E-state index is 0.319. The largest absolute Gasteiger partial charge is 0.320 e. The van der Waals surface area contributed by atoms with E-state index in [2.05, 4.69) is 42.8 Å². The van der Waals surface area contributed by atoms with E-state index in [9.17, 15) is 0 Å². The van der Waals surface area contributed by atoms with Gasteiger partial charge in [0.25, 0.3) is 0 Å². The molecule has 2 unspecified atom stereocenters. The monoisotopic (exact) mass is 295 g/mol. The maximum absolute atomic E-state index is 6.78. The van der Waals surface area contributed by atoms with Gasteiger partial charge >= 0.3 is 0 Å². The number of rotatable bonds is 4. The van der Waals surface area contributed by atoms with Crippen LogP contribution >= 0.6 is 11.6 Å². The molecule has 1 aliphatic rings. The van der Waals surface area contributed by atoms with Crippen molar-refractivity contribution >= 4 is 11.6 Å². The topological polar surface area (TPSA) is 32.5 Å². The van der Waals surface area contributed by atoms with E-state index in [1.165, 1.54) is 5.56 Å². The van der Waals surface area contributed by atoms with E-state index in [4.69, 9.17) is 17.3 Å². The van der Waals surface area contributed by atoms with Gasteiger partial charge in [-0.1, -0.05) is 30.7 Å². The molecule has 2 rings (SSSR count). The minimum Gasteiger partial charge on any atom is -0.320 e. The van der Waals surface area contributed by atoms with E-state index >= 15 is 0 Å². The molecule has 3 nitrogen and oxygen atoms in total. The lowest BCUT2D eigenvalue weighted by atomic mass is 9.81. The SMILES string of the molecule is CCC(N)(c1ccc(Cl)cc1)C(C)N1CCN(C)CC1. The predicted molar refractivity (Wildman–Crippen MR) is 86.1 cm³/mol. The second-order valence-corrected chi connectivity index (χ2v) is 6.35. The van der Waals surface area contributed by atoms with Gasteiger partial charge in [0, 0.05) is 37.2 Å². The third kappa shape index (κ3) is 3.17. The minimum atomic E-state index is -0.319. The lowest BCUT2D eigenvalue weighted by Crippen LogP contribution is -2.58. The predicted octanol–water partition coefficient (Wildman–Crippen LogP) is 2.54. The molecule has 2 N–H and O–H groups in total. The molecule has 1 saturated heterocycles. The molecule has 1 heterocycles. The van der Waals surface area contributed by atoms with E-state index in [0.29, 0.717) is 6.04 Å². The van der Waals surface area contributed by atoms with Crippen molar-refractivity contribution < 1.29 is 0 Å². The molecule has 0 aliphatic carbocycles. The van der Waals surface area contributed by atoms with Crippen LogP contribution in [0.3, 0.4) is 0 Å². The first-order valence-corrected chi connectivity index (χ1v) is 7.82. The van der Waals surface area contributed by atoms with Crippen molar-refractivity contribution in [3.05, 3.63) is 34.9 Å². The van der Waals surface area contributed by atoms with Gasteiger partial charge in [0.15, 0.2) is 0 Å². The second kappa shape index (κ2) is 6.44. The number of likely N-dealkylation sites (N-methyl/N-ethyl adjacent to an activating group) is 1. The molecule has 2 atom stereocenters. The molecule has 0 bridgehead atoms. The molecule has 4 heteroatoms. The van der Waals surface area contributed by atoms with Gasteiger partial charge in [0.05, 0.1) is 5.54 Å². The average molecular weight is 296 g/mol. The molecule has 0 radical (unpaired) electrons. The molecule has 1 aliphatic heterocycles. The first-order valence-electron chi connectivity index (χ1n) is 7.45. The summed E-state index contributed by atoms with van der Waals surface area (Å²) in [5, 5.41) is 0.763. The lowest BCUT2D eigenvalue weighted by Gasteiger charge is -2.45. The van der Waals surface area contributed by atoms with Crippen LogP contribution in [0.5, 0.6) is 0 Å². The summed E-state index contributed by atoms with van der Waals surface area (Å²) in [6.07, 6.45) is 0.919. The summed E-state index contributed by atoms with van der Waals surface area (Å²) in [6.45, 7) is 8.83. The highest BCUT2D eigenvalue weighted by Crippen LogP contribution is 2.30. The van der Waals surface area contributed by atoms with E-state index in [1.54, 1.807) is 0 Å². The molecule has 1 aromatic carbocycles. The van der Waals surface area contributed by atoms with Crippen molar-refractivity contribution in [1.29, 1.82) is 0 Å². The van der Waals surface area contributed by atoms with Gasteiger partial charge in [-0.05, 0) is 38.1 Å². The summed E-state index contributed by atoms with van der Waals surface area (Å²) in [6, 6.07) is 8.33. The Labute approximate surface area is 127 Å². The maximum atomic E-state index is 6.78. The van der Waals surface area contributed by atoms with Crippen molar-refractivity contribution in [2.75, 3.05) is 33.2 Å². The van der Waals surface area contributed by atoms with Crippen LogP contribution in [0, 0.1) is 0 Å². The lowest BCUT2D eigenvalue weighted by molar-refractivity contribution is 0.0738. The smallest absolute Gasteiger partial charge is 0.0562 e. The zero-order chi connectivity index (χ0) is 14.8. The van der Waals surface area contributed by atoms with Crippen LogP contribution < -0.4 is 5.73 Å². The Morgan fingerprint density at radius 1 is 1.20 bits per heavy atom. The summed E-state index contributed by atoms with van der Waals surface area (Å²) >= 11 is 5.99. The third-order valence-corrected chi connectivity index (χ3v) is 5.05. The van der Waals surface area contributed by atoms with Crippen molar-refractivity contribution in [2.45, 2.75) is 31.8 Å². The van der Waals surface area contributed by atoms with E-state index < -0.39 is 0 Å². The average Bonchev–Trinajstić information content (AvgIpc) is 2.47. The highest BCUT2D eigenvalue weighted by Gasteiger charge is 2.36. The maximum Gasteiger partial charge on any atom is 0.0562 e. The number of halogens is 1. The van der Waals surface area contributed by atoms with Crippen molar-refractivity contribution in [1.82, 2.24) is 9.80 Å². The molecular formula is C16H26ClN3. The molecule has 1 aromatic rings. The Kier molecular flexibility index (Phi) is 5.08. The Morgan fingerprint density at radius 3 is 2.25 bits per heavy atom. The van der Waals surface area contributed by atoms with Gasteiger partial charge in [-0.25, -0.2) is 0 Å². The number of piperazine rings is 1. The first kappa shape index (κ1) is 15.8. The van der Waals surface area contributed by atoms with E-state index in [-0.39, 0.29) is 5.54 Å². The summed E-state index contributed by atoms with van der Waals surface area (Å²) in [7, 11) is 2.18. The van der Waals surface area contributed by atoms with Gasteiger partial charge in [0.2, 0.25) is 0 Å². The zero-order valence-electron chi connectivity index (χ0n) is 12.8. The standard InChI is InChI=1S/C16H26ClN3/c1-4-16(18,14-5-7-15(17)8-6-14)13(2)20-11-9-19(3)10-12-20/h5-8,13H,4,9-12,18H2,1-3H3. The van der Waals surface area contributed by atoms with Crippen LogP contribution in [0.1, 0.15) is 25.8 Å². The molecule has 20 heavy (non-hydrogen) atoms. The number of hydrogen-bond acceptors (Lipinski definition) is 3.